The summed E-state index contributed by atoms with van der Waals surface area (Å²) in [5, 5.41) is 10.1. The first-order valence-corrected chi connectivity index (χ1v) is 10.5. The third-order valence-electron chi connectivity index (χ3n) is 4.21. The number of hydrogen-bond acceptors (Lipinski definition) is 9. The van der Waals surface area contributed by atoms with E-state index in [1.165, 1.54) is 42.5 Å². The number of benzene rings is 2. The Morgan fingerprint density at radius 3 is 2.48 bits per heavy atom. The quantitative estimate of drug-likeness (QED) is 0.195. The maximum atomic E-state index is 12.5. The van der Waals surface area contributed by atoms with Crippen LogP contribution >= 0.6 is 11.8 Å². The molecule has 0 N–H and O–H groups in total. The predicted molar refractivity (Wildman–Crippen MR) is 118 cm³/mol. The van der Waals surface area contributed by atoms with Gasteiger partial charge in [-0.25, -0.2) is 4.79 Å². The lowest BCUT2D eigenvalue weighted by atomic mass is 10.2. The van der Waals surface area contributed by atoms with Gasteiger partial charge in [-0.05, 0) is 61.5 Å². The minimum atomic E-state index is -0.717. The van der Waals surface area contributed by atoms with Crippen LogP contribution in [0.1, 0.15) is 29.8 Å². The molecule has 1 aliphatic rings. The molecule has 2 aromatic carbocycles. The average Bonchev–Trinajstić information content (AvgIpc) is 3.00. The number of carbonyl (C=O) groups excluding carboxylic acids is 4. The molecule has 0 radical (unpaired) electrons. The molecule has 1 aliphatic heterocycles. The maximum Gasteiger partial charge on any atom is 0.343 e. The molecule has 11 heteroatoms. The van der Waals surface area contributed by atoms with Crippen molar-refractivity contribution in [2.45, 2.75) is 20.0 Å². The summed E-state index contributed by atoms with van der Waals surface area (Å²) in [7, 11) is 0. The van der Waals surface area contributed by atoms with E-state index in [-0.39, 0.29) is 28.0 Å². The highest BCUT2D eigenvalue weighted by Crippen LogP contribution is 2.32. The topological polar surface area (TPSA) is 133 Å². The Labute approximate surface area is 192 Å². The van der Waals surface area contributed by atoms with E-state index in [9.17, 15) is 29.3 Å². The van der Waals surface area contributed by atoms with Crippen LogP contribution in [-0.4, -0.2) is 45.6 Å². The average molecular weight is 470 g/mol. The van der Waals surface area contributed by atoms with E-state index in [1.807, 2.05) is 0 Å². The number of nitro benzene ring substituents is 1. The molecule has 1 heterocycles. The number of rotatable bonds is 7. The number of nitrogens with zero attached hydrogens (tertiary/aromatic N) is 2. The smallest absolute Gasteiger partial charge is 0.343 e. The molecule has 2 amide bonds. The van der Waals surface area contributed by atoms with Gasteiger partial charge in [0.1, 0.15) is 12.3 Å². The van der Waals surface area contributed by atoms with E-state index in [2.05, 4.69) is 0 Å². The Morgan fingerprint density at radius 2 is 1.85 bits per heavy atom. The van der Waals surface area contributed by atoms with Crippen LogP contribution in [0.25, 0.3) is 6.08 Å². The van der Waals surface area contributed by atoms with E-state index in [0.717, 1.165) is 4.90 Å². The maximum absolute atomic E-state index is 12.5. The molecule has 1 saturated heterocycles. The molecule has 2 aromatic rings. The molecule has 170 valence electrons. The van der Waals surface area contributed by atoms with Crippen molar-refractivity contribution < 1.29 is 33.6 Å². The third kappa shape index (κ3) is 6.04. The highest BCUT2D eigenvalue weighted by atomic mass is 32.2. The van der Waals surface area contributed by atoms with E-state index in [0.29, 0.717) is 17.3 Å². The van der Waals surface area contributed by atoms with E-state index < -0.39 is 34.6 Å². The molecular weight excluding hydrogens is 452 g/mol. The zero-order chi connectivity index (χ0) is 24.1. The Bertz CT molecular complexity index is 1160. The first-order valence-electron chi connectivity index (χ1n) is 9.65. The summed E-state index contributed by atoms with van der Waals surface area (Å²) in [6, 6.07) is 11.2. The van der Waals surface area contributed by atoms with Crippen LogP contribution in [0.4, 0.5) is 10.5 Å². The molecule has 0 saturated carbocycles. The van der Waals surface area contributed by atoms with Crippen molar-refractivity contribution in [3.63, 3.8) is 0 Å². The number of esters is 2. The number of ether oxygens (including phenoxy) is 2. The van der Waals surface area contributed by atoms with Crippen LogP contribution in [0.3, 0.4) is 0 Å². The Kier molecular flexibility index (Phi) is 7.23. The molecule has 0 aliphatic carbocycles. The Balaban J connectivity index is 1.71. The van der Waals surface area contributed by atoms with Crippen LogP contribution < -0.4 is 4.74 Å². The number of imide groups is 1. The molecule has 10 nitrogen and oxygen atoms in total. The van der Waals surface area contributed by atoms with Crippen molar-refractivity contribution >= 4 is 46.6 Å². The number of thioether (sulfide) groups is 1. The summed E-state index contributed by atoms with van der Waals surface area (Å²) in [6.07, 6.45) is 1.08. The standard InChI is InChI=1S/C22H18N2O8S/c1-13(2)31-19(25)12-23-20(26)18(33-22(23)28)11-14-4-3-5-17(10-14)32-21(27)15-6-8-16(9-7-15)24(29)30/h3-11,13H,12H2,1-2H3/b18-11-. The van der Waals surface area contributed by atoms with Crippen molar-refractivity contribution in [3.8, 4) is 5.75 Å². The Morgan fingerprint density at radius 1 is 1.15 bits per heavy atom. The van der Waals surface area contributed by atoms with Crippen molar-refractivity contribution in [1.29, 1.82) is 0 Å². The van der Waals surface area contributed by atoms with Gasteiger partial charge in [-0.2, -0.15) is 0 Å². The summed E-state index contributed by atoms with van der Waals surface area (Å²) in [5.41, 5.74) is 0.458. The summed E-state index contributed by atoms with van der Waals surface area (Å²) < 4.78 is 10.3. The summed E-state index contributed by atoms with van der Waals surface area (Å²) >= 11 is 0.686. The first kappa shape index (κ1) is 23.7. The van der Waals surface area contributed by atoms with Crippen molar-refractivity contribution in [2.75, 3.05) is 6.54 Å². The van der Waals surface area contributed by atoms with E-state index in [4.69, 9.17) is 9.47 Å². The zero-order valence-electron chi connectivity index (χ0n) is 17.5. The van der Waals surface area contributed by atoms with Gasteiger partial charge < -0.3 is 9.47 Å². The van der Waals surface area contributed by atoms with Crippen molar-refractivity contribution in [1.82, 2.24) is 4.90 Å². The molecular formula is C22H18N2O8S. The first-order chi connectivity index (χ1) is 15.6. The van der Waals surface area contributed by atoms with Gasteiger partial charge in [0.15, 0.2) is 0 Å². The van der Waals surface area contributed by atoms with Gasteiger partial charge in [0.2, 0.25) is 0 Å². The van der Waals surface area contributed by atoms with Gasteiger partial charge in [-0.15, -0.1) is 0 Å². The molecule has 1 fully saturated rings. The van der Waals surface area contributed by atoms with Gasteiger partial charge in [0.05, 0.1) is 21.5 Å². The van der Waals surface area contributed by atoms with Crippen LogP contribution in [0, 0.1) is 10.1 Å². The SMILES string of the molecule is CC(C)OC(=O)CN1C(=O)S/C(=C\c2cccc(OC(=O)c3ccc([N+](=O)[O-])cc3)c2)C1=O. The predicted octanol–water partition coefficient (Wildman–Crippen LogP) is 3.80. The summed E-state index contributed by atoms with van der Waals surface area (Å²) in [6.45, 7) is 2.84. The fourth-order valence-electron chi connectivity index (χ4n) is 2.77. The lowest BCUT2D eigenvalue weighted by Gasteiger charge is -2.13. The van der Waals surface area contributed by atoms with Gasteiger partial charge in [-0.3, -0.25) is 29.4 Å². The highest BCUT2D eigenvalue weighted by Gasteiger charge is 2.36. The monoisotopic (exact) mass is 470 g/mol. The van der Waals surface area contributed by atoms with Gasteiger partial charge in [0.25, 0.3) is 16.8 Å². The van der Waals surface area contributed by atoms with Crippen molar-refractivity contribution in [2.24, 2.45) is 0 Å². The molecule has 3 rings (SSSR count). The van der Waals surface area contributed by atoms with Crippen LogP contribution in [0.15, 0.2) is 53.4 Å². The van der Waals surface area contributed by atoms with Crippen LogP contribution in [-0.2, 0) is 14.3 Å². The van der Waals surface area contributed by atoms with Gasteiger partial charge in [0, 0.05) is 12.1 Å². The fourth-order valence-corrected chi connectivity index (χ4v) is 3.61. The van der Waals surface area contributed by atoms with Gasteiger partial charge in [-0.1, -0.05) is 12.1 Å². The highest BCUT2D eigenvalue weighted by molar-refractivity contribution is 8.18. The number of hydrogen-bond donors (Lipinski definition) is 0. The number of non-ortho nitro benzene ring substituents is 1. The molecule has 0 atom stereocenters. The lowest BCUT2D eigenvalue weighted by molar-refractivity contribution is -0.384. The summed E-state index contributed by atoms with van der Waals surface area (Å²) in [5.74, 6) is -1.86. The summed E-state index contributed by atoms with van der Waals surface area (Å²) in [4.78, 5) is 59.9. The van der Waals surface area contributed by atoms with E-state index >= 15 is 0 Å². The molecule has 0 bridgehead atoms. The lowest BCUT2D eigenvalue weighted by Crippen LogP contribution is -2.35. The second-order valence-electron chi connectivity index (χ2n) is 7.07. The molecule has 33 heavy (non-hydrogen) atoms. The van der Waals surface area contributed by atoms with Crippen LogP contribution in [0.2, 0.25) is 0 Å². The minimum Gasteiger partial charge on any atom is -0.462 e. The van der Waals surface area contributed by atoms with Crippen molar-refractivity contribution in [3.05, 3.63) is 74.7 Å². The van der Waals surface area contributed by atoms with E-state index in [1.54, 1.807) is 26.0 Å². The number of carbonyl (C=O) groups is 4. The fraction of sp³-hybridized carbons (Fsp3) is 0.182. The van der Waals surface area contributed by atoms with Crippen LogP contribution in [0.5, 0.6) is 5.75 Å². The second-order valence-corrected chi connectivity index (χ2v) is 8.07. The Hall–Kier alpha value is -3.99. The zero-order valence-corrected chi connectivity index (χ0v) is 18.4. The molecule has 0 spiro atoms. The number of nitro groups is 1. The largest absolute Gasteiger partial charge is 0.462 e. The molecule has 0 aromatic heterocycles. The molecule has 0 unspecified atom stereocenters. The normalized spacial score (nSPS) is 14.6. The van der Waals surface area contributed by atoms with Gasteiger partial charge >= 0.3 is 11.9 Å². The second kappa shape index (κ2) is 10.1. The third-order valence-corrected chi connectivity index (χ3v) is 5.12. The number of amides is 2. The minimum absolute atomic E-state index is 0.108.